The molecule has 0 aliphatic carbocycles. The van der Waals surface area contributed by atoms with Crippen LogP contribution < -0.4 is 0 Å². The van der Waals surface area contributed by atoms with E-state index in [1.807, 2.05) is 24.3 Å². The van der Waals surface area contributed by atoms with Gasteiger partial charge in [-0.3, -0.25) is 14.6 Å². The Morgan fingerprint density at radius 1 is 0.808 bits per heavy atom. The Hall–Kier alpha value is -1.67. The summed E-state index contributed by atoms with van der Waals surface area (Å²) < 4.78 is 2.01. The van der Waals surface area contributed by atoms with Crippen LogP contribution in [0.1, 0.15) is 30.5 Å². The third-order valence-corrected chi connectivity index (χ3v) is 6.47. The molecule has 0 fully saturated rings. The Kier molecular flexibility index (Phi) is 6.48. The molecule has 0 aromatic carbocycles. The first-order valence-electron chi connectivity index (χ1n) is 7.42. The number of nitrogens with zero attached hydrogens (tertiary/aromatic N) is 1. The largest absolute Gasteiger partial charge is 0.289 e. The Balaban J connectivity index is 1.72. The van der Waals surface area contributed by atoms with Crippen molar-refractivity contribution in [3.05, 3.63) is 83.3 Å². The number of carbonyl (C=O) groups excluding carboxylic acids is 2. The molecule has 0 bridgehead atoms. The molecule has 26 heavy (non-hydrogen) atoms. The first kappa shape index (κ1) is 19.1. The van der Waals surface area contributed by atoms with Gasteiger partial charge < -0.3 is 0 Å². The lowest BCUT2D eigenvalue weighted by atomic mass is 10.1. The Morgan fingerprint density at radius 2 is 1.27 bits per heavy atom. The molecule has 0 saturated carbocycles. The van der Waals surface area contributed by atoms with Gasteiger partial charge in [0.1, 0.15) is 0 Å². The van der Waals surface area contributed by atoms with Crippen LogP contribution in [-0.4, -0.2) is 16.6 Å². The van der Waals surface area contributed by atoms with Gasteiger partial charge in [0.2, 0.25) is 0 Å². The molecule has 0 amide bonds. The molecule has 0 aliphatic heterocycles. The molecule has 130 valence electrons. The zero-order valence-electron chi connectivity index (χ0n) is 13.2. The van der Waals surface area contributed by atoms with Crippen LogP contribution in [0.5, 0.6) is 0 Å². The van der Waals surface area contributed by atoms with E-state index in [2.05, 4.69) is 36.8 Å². The normalized spacial score (nSPS) is 11.5. The van der Waals surface area contributed by atoms with Gasteiger partial charge in [-0.25, -0.2) is 0 Å². The summed E-state index contributed by atoms with van der Waals surface area (Å²) in [6.07, 6.45) is 9.41. The molecular weight excluding hydrogens is 498 g/mol. The van der Waals surface area contributed by atoms with Crippen LogP contribution >= 0.6 is 54.5 Å². The van der Waals surface area contributed by atoms with Crippen molar-refractivity contribution >= 4 is 78.3 Å². The van der Waals surface area contributed by atoms with Crippen LogP contribution in [-0.2, 0) is 0 Å². The van der Waals surface area contributed by atoms with E-state index in [1.165, 1.54) is 47.2 Å². The highest BCUT2D eigenvalue weighted by atomic mass is 79.9. The van der Waals surface area contributed by atoms with Crippen molar-refractivity contribution in [3.63, 3.8) is 0 Å². The van der Waals surface area contributed by atoms with Crippen molar-refractivity contribution < 1.29 is 9.59 Å². The molecule has 0 radical (unpaired) electrons. The highest BCUT2D eigenvalue weighted by Crippen LogP contribution is 2.24. The number of hydrogen-bond donors (Lipinski definition) is 0. The van der Waals surface area contributed by atoms with Crippen molar-refractivity contribution in [2.75, 3.05) is 0 Å². The van der Waals surface area contributed by atoms with Gasteiger partial charge in [-0.05, 0) is 86.5 Å². The van der Waals surface area contributed by atoms with Crippen LogP contribution in [0.3, 0.4) is 0 Å². The van der Waals surface area contributed by atoms with Gasteiger partial charge in [-0.1, -0.05) is 0 Å². The van der Waals surface area contributed by atoms with Crippen LogP contribution in [0, 0.1) is 0 Å². The maximum Gasteiger partial charge on any atom is 0.187 e. The van der Waals surface area contributed by atoms with Crippen molar-refractivity contribution in [1.29, 1.82) is 0 Å². The van der Waals surface area contributed by atoms with Crippen molar-refractivity contribution in [1.82, 2.24) is 4.98 Å². The average Bonchev–Trinajstić information content (AvgIpc) is 3.25. The predicted octanol–water partition coefficient (Wildman–Crippen LogP) is 6.52. The number of thiophene rings is 2. The standard InChI is InChI=1S/C19H11Br2NO2S2/c20-18-7-3-14(25-18)1-5-16(23)12-9-13(11-22-10-12)17(24)6-2-15-4-8-19(21)26-15/h1-11H/b5-1+,6-2+. The Morgan fingerprint density at radius 3 is 1.65 bits per heavy atom. The maximum absolute atomic E-state index is 12.3. The second kappa shape index (κ2) is 8.81. The van der Waals surface area contributed by atoms with E-state index in [1.54, 1.807) is 18.2 Å². The zero-order valence-corrected chi connectivity index (χ0v) is 18.0. The molecular formula is C19H11Br2NO2S2. The summed E-state index contributed by atoms with van der Waals surface area (Å²) in [7, 11) is 0. The third-order valence-electron chi connectivity index (χ3n) is 3.29. The summed E-state index contributed by atoms with van der Waals surface area (Å²) in [5.74, 6) is -0.384. The Labute approximate surface area is 175 Å². The minimum Gasteiger partial charge on any atom is -0.289 e. The first-order valence-corrected chi connectivity index (χ1v) is 10.6. The summed E-state index contributed by atoms with van der Waals surface area (Å²) in [5, 5.41) is 0. The van der Waals surface area contributed by atoms with Crippen molar-refractivity contribution in [2.45, 2.75) is 0 Å². The monoisotopic (exact) mass is 507 g/mol. The fourth-order valence-corrected chi connectivity index (χ4v) is 4.71. The van der Waals surface area contributed by atoms with Gasteiger partial charge in [-0.15, -0.1) is 22.7 Å². The molecule has 3 aromatic heterocycles. The predicted molar refractivity (Wildman–Crippen MR) is 115 cm³/mol. The molecule has 0 aliphatic rings. The molecule has 3 heterocycles. The molecule has 0 unspecified atom stereocenters. The second-order valence-corrected chi connectivity index (χ2v) is 10.1. The second-order valence-electron chi connectivity index (χ2n) is 5.14. The topological polar surface area (TPSA) is 47.0 Å². The van der Waals surface area contributed by atoms with E-state index in [0.717, 1.165) is 17.3 Å². The number of rotatable bonds is 6. The minimum absolute atomic E-state index is 0.192. The van der Waals surface area contributed by atoms with E-state index in [4.69, 9.17) is 0 Å². The number of carbonyl (C=O) groups is 2. The average molecular weight is 509 g/mol. The fraction of sp³-hybridized carbons (Fsp3) is 0. The fourth-order valence-electron chi connectivity index (χ4n) is 2.05. The lowest BCUT2D eigenvalue weighted by molar-refractivity contribution is 0.104. The zero-order chi connectivity index (χ0) is 18.5. The number of allylic oxidation sites excluding steroid dienone is 2. The quantitative estimate of drug-likeness (QED) is 0.281. The number of hydrogen-bond acceptors (Lipinski definition) is 5. The van der Waals surface area contributed by atoms with Crippen LogP contribution in [0.2, 0.25) is 0 Å². The van der Waals surface area contributed by atoms with E-state index in [-0.39, 0.29) is 11.6 Å². The molecule has 7 heteroatoms. The van der Waals surface area contributed by atoms with Gasteiger partial charge in [0.15, 0.2) is 11.6 Å². The minimum atomic E-state index is -0.192. The van der Waals surface area contributed by atoms with Crippen molar-refractivity contribution in [2.24, 2.45) is 0 Å². The van der Waals surface area contributed by atoms with Crippen molar-refractivity contribution in [3.8, 4) is 0 Å². The summed E-state index contributed by atoms with van der Waals surface area (Å²) >= 11 is 9.84. The van der Waals surface area contributed by atoms with Gasteiger partial charge in [-0.2, -0.15) is 0 Å². The lowest BCUT2D eigenvalue weighted by Gasteiger charge is -1.99. The number of halogens is 2. The number of ketones is 2. The van der Waals surface area contributed by atoms with Crippen LogP contribution in [0.15, 0.2) is 62.5 Å². The summed E-state index contributed by atoms with van der Waals surface area (Å²) in [6, 6.07) is 9.26. The van der Waals surface area contributed by atoms with E-state index in [9.17, 15) is 9.59 Å². The molecule has 0 spiro atoms. The summed E-state index contributed by atoms with van der Waals surface area (Å²) in [4.78, 5) is 30.6. The van der Waals surface area contributed by atoms with E-state index >= 15 is 0 Å². The molecule has 3 aromatic rings. The highest BCUT2D eigenvalue weighted by molar-refractivity contribution is 9.11. The number of aromatic nitrogens is 1. The molecule has 0 N–H and O–H groups in total. The number of pyridine rings is 1. The Bertz CT molecular complexity index is 940. The first-order chi connectivity index (χ1) is 12.5. The smallest absolute Gasteiger partial charge is 0.187 e. The third kappa shape index (κ3) is 5.17. The van der Waals surface area contributed by atoms with Gasteiger partial charge in [0.05, 0.1) is 7.57 Å². The van der Waals surface area contributed by atoms with Gasteiger partial charge >= 0.3 is 0 Å². The lowest BCUT2D eigenvalue weighted by Crippen LogP contribution is -2.01. The molecule has 0 atom stereocenters. The van der Waals surface area contributed by atoms with E-state index < -0.39 is 0 Å². The van der Waals surface area contributed by atoms with Gasteiger partial charge in [0.25, 0.3) is 0 Å². The van der Waals surface area contributed by atoms with E-state index in [0.29, 0.717) is 11.1 Å². The SMILES string of the molecule is O=C(/C=C/c1ccc(Br)s1)c1cncc(C(=O)/C=C/c2ccc(Br)s2)c1. The van der Waals surface area contributed by atoms with Gasteiger partial charge in [0, 0.05) is 33.3 Å². The summed E-state index contributed by atoms with van der Waals surface area (Å²) in [6.45, 7) is 0. The molecule has 3 rings (SSSR count). The highest BCUT2D eigenvalue weighted by Gasteiger charge is 2.08. The van der Waals surface area contributed by atoms with Crippen LogP contribution in [0.25, 0.3) is 12.2 Å². The molecule has 3 nitrogen and oxygen atoms in total. The van der Waals surface area contributed by atoms with Crippen LogP contribution in [0.4, 0.5) is 0 Å². The summed E-state index contributed by atoms with van der Waals surface area (Å²) in [5.41, 5.74) is 0.768. The maximum atomic E-state index is 12.3. The molecule has 0 saturated heterocycles.